The summed E-state index contributed by atoms with van der Waals surface area (Å²) in [4.78, 5) is 3.47. The highest BCUT2D eigenvalue weighted by Gasteiger charge is 2.38. The molecule has 0 fully saturated rings. The van der Waals surface area contributed by atoms with Crippen LogP contribution in [0.3, 0.4) is 0 Å². The number of fused-ring (bicyclic) bond motifs is 1. The molecule has 1 atom stereocenters. The van der Waals surface area contributed by atoms with Crippen LogP contribution in [0.5, 0.6) is 0 Å². The molecule has 1 aliphatic heterocycles. The number of halogens is 3. The van der Waals surface area contributed by atoms with E-state index in [1.54, 1.807) is 6.92 Å². The first kappa shape index (κ1) is 9.45. The second kappa shape index (κ2) is 2.94. The summed E-state index contributed by atoms with van der Waals surface area (Å²) in [5.74, 6) is -0.702. The van der Waals surface area contributed by atoms with Gasteiger partial charge in [-0.05, 0) is 6.92 Å². The van der Waals surface area contributed by atoms with E-state index in [0.717, 1.165) is 0 Å². The number of rotatable bonds is 0. The van der Waals surface area contributed by atoms with Gasteiger partial charge in [-0.3, -0.25) is 0 Å². The maximum absolute atomic E-state index is 12.2. The van der Waals surface area contributed by atoms with Crippen molar-refractivity contribution in [3.05, 3.63) is 11.6 Å². The number of hydrogen-bond acceptors (Lipinski definition) is 3. The lowest BCUT2D eigenvalue weighted by molar-refractivity contribution is -0.145. The van der Waals surface area contributed by atoms with Crippen molar-refractivity contribution in [3.8, 4) is 0 Å². The smallest absolute Gasteiger partial charge is 0.306 e. The van der Waals surface area contributed by atoms with Crippen LogP contribution in [0.25, 0.3) is 0 Å². The molecule has 7 heteroatoms. The highest BCUT2D eigenvalue weighted by Crippen LogP contribution is 2.27. The van der Waals surface area contributed by atoms with E-state index in [1.807, 2.05) is 0 Å². The summed E-state index contributed by atoms with van der Waals surface area (Å²) < 4.78 is 38.0. The van der Waals surface area contributed by atoms with Gasteiger partial charge in [0.05, 0.1) is 12.6 Å². The van der Waals surface area contributed by atoms with Crippen LogP contribution in [0.4, 0.5) is 13.2 Å². The minimum absolute atomic E-state index is 0.174. The number of nitrogens with one attached hydrogen (secondary N) is 1. The molecule has 0 saturated heterocycles. The summed E-state index contributed by atoms with van der Waals surface area (Å²) in [5.41, 5.74) is 0. The molecule has 14 heavy (non-hydrogen) atoms. The topological polar surface area (TPSA) is 42.7 Å². The maximum Gasteiger partial charge on any atom is 0.453 e. The van der Waals surface area contributed by atoms with Crippen LogP contribution in [0, 0.1) is 0 Å². The normalized spacial score (nSPS) is 22.1. The monoisotopic (exact) mass is 206 g/mol. The Labute approximate surface area is 78.1 Å². The van der Waals surface area contributed by atoms with Gasteiger partial charge in [0.15, 0.2) is 0 Å². The van der Waals surface area contributed by atoms with E-state index in [9.17, 15) is 13.2 Å². The van der Waals surface area contributed by atoms with E-state index in [2.05, 4.69) is 15.4 Å². The summed E-state index contributed by atoms with van der Waals surface area (Å²) in [6, 6.07) is -0.174. The Hall–Kier alpha value is -1.11. The van der Waals surface area contributed by atoms with E-state index in [0.29, 0.717) is 18.9 Å². The minimum atomic E-state index is -4.45. The first-order valence-electron chi connectivity index (χ1n) is 4.24. The van der Waals surface area contributed by atoms with Crippen LogP contribution < -0.4 is 5.32 Å². The zero-order valence-electron chi connectivity index (χ0n) is 7.47. The molecule has 0 amide bonds. The molecule has 78 valence electrons. The summed E-state index contributed by atoms with van der Waals surface area (Å²) >= 11 is 0. The van der Waals surface area contributed by atoms with Crippen molar-refractivity contribution in [2.75, 3.05) is 6.54 Å². The van der Waals surface area contributed by atoms with Crippen molar-refractivity contribution in [1.29, 1.82) is 0 Å². The Balaban J connectivity index is 2.40. The van der Waals surface area contributed by atoms with Crippen LogP contribution >= 0.6 is 0 Å². The molecule has 1 aromatic heterocycles. The quantitative estimate of drug-likeness (QED) is 0.687. The first-order chi connectivity index (χ1) is 6.48. The largest absolute Gasteiger partial charge is 0.453 e. The SMILES string of the molecule is C[C@@H]1NCCn2nc(C(F)(F)F)nc21. The van der Waals surface area contributed by atoms with E-state index in [-0.39, 0.29) is 6.04 Å². The number of alkyl halides is 3. The molecule has 0 unspecified atom stereocenters. The zero-order chi connectivity index (χ0) is 10.3. The van der Waals surface area contributed by atoms with Gasteiger partial charge in [-0.15, -0.1) is 5.10 Å². The summed E-state index contributed by atoms with van der Waals surface area (Å²) in [7, 11) is 0. The lowest BCUT2D eigenvalue weighted by atomic mass is 10.3. The molecular weight excluding hydrogens is 197 g/mol. The third kappa shape index (κ3) is 1.47. The molecule has 1 N–H and O–H groups in total. The molecule has 0 aliphatic carbocycles. The van der Waals surface area contributed by atoms with E-state index < -0.39 is 12.0 Å². The van der Waals surface area contributed by atoms with Gasteiger partial charge in [-0.25, -0.2) is 9.67 Å². The average Bonchev–Trinajstić information content (AvgIpc) is 2.48. The standard InChI is InChI=1S/C7H9F3N4/c1-4-5-12-6(7(8,9)10)13-14(5)3-2-11-4/h4,11H,2-3H2,1H3/t4-/m0/s1. The van der Waals surface area contributed by atoms with Crippen molar-refractivity contribution in [1.82, 2.24) is 20.1 Å². The third-order valence-electron chi connectivity index (χ3n) is 2.12. The summed E-state index contributed by atoms with van der Waals surface area (Å²) in [6.45, 7) is 2.82. The molecule has 1 aliphatic rings. The Morgan fingerprint density at radius 2 is 2.21 bits per heavy atom. The van der Waals surface area contributed by atoms with Gasteiger partial charge in [-0.2, -0.15) is 13.2 Å². The van der Waals surface area contributed by atoms with Crippen molar-refractivity contribution in [2.24, 2.45) is 0 Å². The molecule has 2 rings (SSSR count). The molecular formula is C7H9F3N4. The number of nitrogens with zero attached hydrogens (tertiary/aromatic N) is 3. The maximum atomic E-state index is 12.2. The van der Waals surface area contributed by atoms with Crippen LogP contribution in [-0.2, 0) is 12.7 Å². The lowest BCUT2D eigenvalue weighted by Crippen LogP contribution is -2.32. The van der Waals surface area contributed by atoms with E-state index >= 15 is 0 Å². The Kier molecular flexibility index (Phi) is 1.99. The fourth-order valence-electron chi connectivity index (χ4n) is 1.44. The first-order valence-corrected chi connectivity index (χ1v) is 4.24. The van der Waals surface area contributed by atoms with Crippen molar-refractivity contribution >= 4 is 0 Å². The summed E-state index contributed by atoms with van der Waals surface area (Å²) in [5, 5.41) is 6.43. The molecule has 4 nitrogen and oxygen atoms in total. The second-order valence-electron chi connectivity index (χ2n) is 3.19. The summed E-state index contributed by atoms with van der Waals surface area (Å²) in [6.07, 6.45) is -4.45. The Bertz CT molecular complexity index is 343. The van der Waals surface area contributed by atoms with Crippen molar-refractivity contribution in [2.45, 2.75) is 25.7 Å². The van der Waals surface area contributed by atoms with Crippen LogP contribution in [0.15, 0.2) is 0 Å². The highest BCUT2D eigenvalue weighted by molar-refractivity contribution is 5.02. The van der Waals surface area contributed by atoms with Crippen molar-refractivity contribution < 1.29 is 13.2 Å². The van der Waals surface area contributed by atoms with Gasteiger partial charge < -0.3 is 5.32 Å². The van der Waals surface area contributed by atoms with Crippen LogP contribution in [-0.4, -0.2) is 21.3 Å². The van der Waals surface area contributed by atoms with Crippen LogP contribution in [0.1, 0.15) is 24.6 Å². The van der Waals surface area contributed by atoms with Gasteiger partial charge >= 0.3 is 6.18 Å². The average molecular weight is 206 g/mol. The predicted octanol–water partition coefficient (Wildman–Crippen LogP) is 0.961. The molecule has 0 spiro atoms. The van der Waals surface area contributed by atoms with Gasteiger partial charge in [-0.1, -0.05) is 0 Å². The molecule has 2 heterocycles. The van der Waals surface area contributed by atoms with E-state index in [1.165, 1.54) is 4.68 Å². The molecule has 0 radical (unpaired) electrons. The molecule has 1 aromatic rings. The molecule has 0 aromatic carbocycles. The van der Waals surface area contributed by atoms with E-state index in [4.69, 9.17) is 0 Å². The van der Waals surface area contributed by atoms with Crippen LogP contribution in [0.2, 0.25) is 0 Å². The van der Waals surface area contributed by atoms with Gasteiger partial charge in [0.1, 0.15) is 5.82 Å². The number of aromatic nitrogens is 3. The Morgan fingerprint density at radius 1 is 1.50 bits per heavy atom. The fraction of sp³-hybridized carbons (Fsp3) is 0.714. The Morgan fingerprint density at radius 3 is 2.79 bits per heavy atom. The van der Waals surface area contributed by atoms with Crippen molar-refractivity contribution in [3.63, 3.8) is 0 Å². The lowest BCUT2D eigenvalue weighted by Gasteiger charge is -2.19. The highest BCUT2D eigenvalue weighted by atomic mass is 19.4. The number of hydrogen-bond donors (Lipinski definition) is 1. The second-order valence-corrected chi connectivity index (χ2v) is 3.19. The van der Waals surface area contributed by atoms with Gasteiger partial charge in [0.25, 0.3) is 5.82 Å². The molecule has 0 saturated carbocycles. The fourth-order valence-corrected chi connectivity index (χ4v) is 1.44. The minimum Gasteiger partial charge on any atom is -0.306 e. The molecule has 0 bridgehead atoms. The van der Waals surface area contributed by atoms with Gasteiger partial charge in [0.2, 0.25) is 0 Å². The zero-order valence-corrected chi connectivity index (χ0v) is 7.47. The predicted molar refractivity (Wildman–Crippen MR) is 41.4 cm³/mol. The third-order valence-corrected chi connectivity index (χ3v) is 2.12. The van der Waals surface area contributed by atoms with Gasteiger partial charge in [0, 0.05) is 6.54 Å².